The van der Waals surface area contributed by atoms with E-state index in [1.165, 1.54) is 25.3 Å². The van der Waals surface area contributed by atoms with E-state index in [4.69, 9.17) is 4.74 Å². The molecule has 0 saturated heterocycles. The van der Waals surface area contributed by atoms with Crippen LogP contribution in [0.3, 0.4) is 0 Å². The van der Waals surface area contributed by atoms with Crippen molar-refractivity contribution in [3.63, 3.8) is 0 Å². The van der Waals surface area contributed by atoms with Crippen LogP contribution in [0.2, 0.25) is 0 Å². The van der Waals surface area contributed by atoms with Crippen LogP contribution in [0.4, 0.5) is 4.79 Å². The van der Waals surface area contributed by atoms with Gasteiger partial charge < -0.3 is 15.4 Å². The van der Waals surface area contributed by atoms with Gasteiger partial charge in [-0.15, -0.1) is 0 Å². The summed E-state index contributed by atoms with van der Waals surface area (Å²) < 4.78 is 31.8. The monoisotopic (exact) mass is 683 g/mol. The van der Waals surface area contributed by atoms with Crippen LogP contribution in [0.5, 0.6) is 0 Å². The zero-order valence-corrected chi connectivity index (χ0v) is 32.1. The van der Waals surface area contributed by atoms with Crippen LogP contribution in [-0.2, 0) is 32.6 Å². The molecule has 0 unspecified atom stereocenters. The summed E-state index contributed by atoms with van der Waals surface area (Å²) in [6.45, 7) is 23.3. The van der Waals surface area contributed by atoms with E-state index < -0.39 is 10.0 Å². The molecule has 0 atom stereocenters. The number of nitrogens with one attached hydrogen (secondary N) is 3. The molecular weight excluding hydrogens is 623 g/mol. The van der Waals surface area contributed by atoms with E-state index in [9.17, 15) is 18.0 Å². The highest BCUT2D eigenvalue weighted by Crippen LogP contribution is 2.21. The molecule has 0 fully saturated rings. The molecule has 48 heavy (non-hydrogen) atoms. The van der Waals surface area contributed by atoms with Gasteiger partial charge in [0.2, 0.25) is 15.9 Å². The average Bonchev–Trinajstić information content (AvgIpc) is 2.95. The average molecular weight is 684 g/mol. The predicted octanol–water partition coefficient (Wildman–Crippen LogP) is 8.43. The van der Waals surface area contributed by atoms with Crippen molar-refractivity contribution in [3.8, 4) is 0 Å². The topological polar surface area (TPSA) is 114 Å². The number of carbonyl (C=O) groups excluding carboxylic acids is 2. The second kappa shape index (κ2) is 23.6. The van der Waals surface area contributed by atoms with Crippen LogP contribution in [0, 0.1) is 26.7 Å². The van der Waals surface area contributed by atoms with Crippen molar-refractivity contribution in [1.82, 2.24) is 15.4 Å². The number of aryl methyl sites for hydroxylation is 4. The minimum absolute atomic E-state index is 0.0370. The van der Waals surface area contributed by atoms with Gasteiger partial charge in [-0.05, 0) is 103 Å². The minimum atomic E-state index is -3.39. The molecule has 0 saturated carbocycles. The lowest BCUT2D eigenvalue weighted by molar-refractivity contribution is -0.119. The fourth-order valence-corrected chi connectivity index (χ4v) is 6.17. The fourth-order valence-electron chi connectivity index (χ4n) is 4.47. The maximum absolute atomic E-state index is 12.1. The highest BCUT2D eigenvalue weighted by molar-refractivity contribution is 7.89. The van der Waals surface area contributed by atoms with Crippen LogP contribution in [-0.4, -0.2) is 38.5 Å². The van der Waals surface area contributed by atoms with Gasteiger partial charge in [-0.25, -0.2) is 17.9 Å². The minimum Gasteiger partial charge on any atom is -0.445 e. The molecule has 3 aromatic rings. The summed E-state index contributed by atoms with van der Waals surface area (Å²) in [6.07, 6.45) is 2.14. The third-order valence-corrected chi connectivity index (χ3v) is 8.19. The van der Waals surface area contributed by atoms with Crippen molar-refractivity contribution in [1.29, 1.82) is 0 Å². The lowest BCUT2D eigenvalue weighted by Gasteiger charge is -2.14. The second-order valence-electron chi connectivity index (χ2n) is 13.1. The second-order valence-corrected chi connectivity index (χ2v) is 14.8. The Hall–Kier alpha value is -3.69. The number of carbonyl (C=O) groups is 2. The molecule has 2 amide bonds. The van der Waals surface area contributed by atoms with Gasteiger partial charge in [-0.3, -0.25) is 4.79 Å². The third-order valence-electron chi connectivity index (χ3n) is 6.23. The Morgan fingerprint density at radius 2 is 1.15 bits per heavy atom. The summed E-state index contributed by atoms with van der Waals surface area (Å²) in [4.78, 5) is 21.6. The van der Waals surface area contributed by atoms with Gasteiger partial charge >= 0.3 is 6.09 Å². The molecule has 0 radical (unpaired) electrons. The van der Waals surface area contributed by atoms with E-state index in [0.717, 1.165) is 28.2 Å². The Balaban J connectivity index is 0.000000637. The molecule has 3 N–H and O–H groups in total. The number of ether oxygens (including phenoxy) is 1. The molecule has 0 bridgehead atoms. The highest BCUT2D eigenvalue weighted by Gasteiger charge is 2.20. The molecule has 9 heteroatoms. The van der Waals surface area contributed by atoms with Crippen LogP contribution in [0.25, 0.3) is 0 Å². The van der Waals surface area contributed by atoms with Crippen LogP contribution < -0.4 is 15.4 Å². The Kier molecular flexibility index (Phi) is 21.8. The first kappa shape index (κ1) is 44.3. The van der Waals surface area contributed by atoms with Gasteiger partial charge in [0.25, 0.3) is 0 Å². The van der Waals surface area contributed by atoms with Crippen molar-refractivity contribution in [2.75, 3.05) is 0 Å². The summed E-state index contributed by atoms with van der Waals surface area (Å²) in [6, 6.07) is 24.3. The summed E-state index contributed by atoms with van der Waals surface area (Å²) >= 11 is 0. The first-order valence-corrected chi connectivity index (χ1v) is 18.2. The maximum Gasteiger partial charge on any atom is 0.407 e. The summed E-state index contributed by atoms with van der Waals surface area (Å²) in [5.74, 6) is 0.852. The lowest BCUT2D eigenvalue weighted by Crippen LogP contribution is -2.31. The number of sulfonamides is 1. The number of amides is 2. The zero-order valence-electron chi connectivity index (χ0n) is 31.3. The van der Waals surface area contributed by atoms with Crippen LogP contribution in [0.1, 0.15) is 96.6 Å². The van der Waals surface area contributed by atoms with Gasteiger partial charge in [0.05, 0.1) is 4.90 Å². The molecule has 0 spiro atoms. The van der Waals surface area contributed by atoms with E-state index in [0.29, 0.717) is 11.5 Å². The van der Waals surface area contributed by atoms with E-state index >= 15 is 0 Å². The van der Waals surface area contributed by atoms with E-state index in [1.807, 2.05) is 105 Å². The molecule has 268 valence electrons. The van der Waals surface area contributed by atoms with Crippen molar-refractivity contribution < 1.29 is 22.7 Å². The van der Waals surface area contributed by atoms with Crippen molar-refractivity contribution in [2.45, 2.75) is 126 Å². The first-order valence-electron chi connectivity index (χ1n) is 16.7. The highest BCUT2D eigenvalue weighted by atomic mass is 32.2. The third kappa shape index (κ3) is 22.0. The molecule has 0 aliphatic heterocycles. The summed E-state index contributed by atoms with van der Waals surface area (Å²) in [7, 11) is -3.39. The molecule has 3 rings (SSSR count). The molecule has 3 aromatic carbocycles. The Bertz CT molecular complexity index is 1420. The maximum atomic E-state index is 12.1. The fraction of sp³-hybridized carbons (Fsp3) is 0.487. The van der Waals surface area contributed by atoms with E-state index in [1.54, 1.807) is 0 Å². The molecule has 0 aliphatic carbocycles. The van der Waals surface area contributed by atoms with Crippen molar-refractivity contribution >= 4 is 22.0 Å². The smallest absolute Gasteiger partial charge is 0.407 e. The standard InChI is InChI=1S/C12H19NO2S.C11H15NO2.C11H16.C5H11NO/c1-8(2)13-16(14,15)12-10(4)6-9(3)7-11(12)5;1-9(2)12-11(13)14-8-10-6-4-3-5-7-10;1-10(2)8-9-11-6-4-3-5-7-11;1-4(2)6-5(3)7/h6-8,13H,1-5H3;3-7,9H,8H2,1-2H3,(H,12,13);3-7,10H,8-9H2,1-2H3;4H,1-3H3,(H,6,7). The van der Waals surface area contributed by atoms with Crippen LogP contribution >= 0.6 is 0 Å². The number of alkyl carbamates (subject to hydrolysis) is 1. The lowest BCUT2D eigenvalue weighted by atomic mass is 10.0. The van der Waals surface area contributed by atoms with E-state index in [-0.39, 0.29) is 30.1 Å². The van der Waals surface area contributed by atoms with Crippen LogP contribution in [0.15, 0.2) is 77.7 Å². The number of rotatable bonds is 10. The molecule has 8 nitrogen and oxygen atoms in total. The molecule has 0 heterocycles. The normalized spacial score (nSPS) is 10.7. The Morgan fingerprint density at radius 3 is 1.52 bits per heavy atom. The van der Waals surface area contributed by atoms with Gasteiger partial charge in [0, 0.05) is 25.0 Å². The molecule has 0 aliphatic rings. The van der Waals surface area contributed by atoms with Crippen molar-refractivity contribution in [2.24, 2.45) is 5.92 Å². The van der Waals surface area contributed by atoms with Gasteiger partial charge in [-0.1, -0.05) is 92.2 Å². The predicted molar refractivity (Wildman–Crippen MR) is 200 cm³/mol. The number of hydrogen-bond donors (Lipinski definition) is 3. The summed E-state index contributed by atoms with van der Waals surface area (Å²) in [5.41, 5.74) is 5.13. The first-order chi connectivity index (χ1) is 22.3. The Morgan fingerprint density at radius 1 is 0.688 bits per heavy atom. The van der Waals surface area contributed by atoms with Gasteiger partial charge in [0.1, 0.15) is 6.61 Å². The SMILES string of the molecule is CC(=O)NC(C)C.CC(C)CCc1ccccc1.CC(C)NC(=O)OCc1ccccc1.Cc1cc(C)c(S(=O)(=O)NC(C)C)c(C)c1. The summed E-state index contributed by atoms with van der Waals surface area (Å²) in [5, 5.41) is 5.32. The molecule has 0 aromatic heterocycles. The van der Waals surface area contributed by atoms with E-state index in [2.05, 4.69) is 59.5 Å². The zero-order chi connectivity index (χ0) is 36.9. The Labute approximate surface area is 291 Å². The van der Waals surface area contributed by atoms with Gasteiger partial charge in [0.15, 0.2) is 0 Å². The van der Waals surface area contributed by atoms with Crippen molar-refractivity contribution in [3.05, 3.63) is 101 Å². The quantitative estimate of drug-likeness (QED) is 0.199. The van der Waals surface area contributed by atoms with Gasteiger partial charge in [-0.2, -0.15) is 0 Å². The number of hydrogen-bond acceptors (Lipinski definition) is 5. The number of benzene rings is 3. The molecular formula is C39H61N3O5S. The largest absolute Gasteiger partial charge is 0.445 e.